The number of aryl methyl sites for hydroxylation is 2. The van der Waals surface area contributed by atoms with E-state index in [9.17, 15) is 9.59 Å². The van der Waals surface area contributed by atoms with Crippen LogP contribution in [0.1, 0.15) is 31.8 Å². The molecule has 102 valence electrons. The average molecular weight is 268 g/mol. The molecule has 0 fully saturated rings. The summed E-state index contributed by atoms with van der Waals surface area (Å²) in [5, 5.41) is 2.82. The van der Waals surface area contributed by atoms with Crippen LogP contribution in [0.4, 0.5) is 5.69 Å². The molecule has 0 saturated carbocycles. The predicted octanol–water partition coefficient (Wildman–Crippen LogP) is 2.65. The first kappa shape index (κ1) is 13.8. The maximum Gasteiger partial charge on any atom is 0.255 e. The number of hydrogen-bond acceptors (Lipinski definition) is 2. The highest BCUT2D eigenvalue weighted by atomic mass is 16.2. The van der Waals surface area contributed by atoms with Crippen LogP contribution in [0.3, 0.4) is 0 Å². The van der Waals surface area contributed by atoms with Gasteiger partial charge in [0.2, 0.25) is 5.91 Å². The number of benzene rings is 2. The topological polar surface area (TPSA) is 72.2 Å². The fourth-order valence-corrected chi connectivity index (χ4v) is 2.05. The molecule has 0 unspecified atom stereocenters. The van der Waals surface area contributed by atoms with Crippen LogP contribution in [0, 0.1) is 13.8 Å². The van der Waals surface area contributed by atoms with Crippen LogP contribution in [0.2, 0.25) is 0 Å². The fourth-order valence-electron chi connectivity index (χ4n) is 2.05. The summed E-state index contributed by atoms with van der Waals surface area (Å²) in [5.41, 5.74) is 8.42. The number of primary amides is 1. The Morgan fingerprint density at radius 3 is 2.10 bits per heavy atom. The number of carbonyl (C=O) groups is 2. The van der Waals surface area contributed by atoms with Crippen molar-refractivity contribution in [1.82, 2.24) is 0 Å². The SMILES string of the molecule is Cc1cc(C(=O)Nc2ccccc2)c(C)cc1C(N)=O. The summed E-state index contributed by atoms with van der Waals surface area (Å²) in [5.74, 6) is -0.687. The van der Waals surface area contributed by atoms with Gasteiger partial charge in [0.25, 0.3) is 5.91 Å². The number of hydrogen-bond donors (Lipinski definition) is 2. The molecule has 3 N–H and O–H groups in total. The van der Waals surface area contributed by atoms with Gasteiger partial charge in [-0.1, -0.05) is 18.2 Å². The van der Waals surface area contributed by atoms with Gasteiger partial charge in [-0.3, -0.25) is 9.59 Å². The first-order chi connectivity index (χ1) is 9.49. The van der Waals surface area contributed by atoms with Gasteiger partial charge in [0.15, 0.2) is 0 Å². The van der Waals surface area contributed by atoms with Crippen molar-refractivity contribution in [2.75, 3.05) is 5.32 Å². The highest BCUT2D eigenvalue weighted by Crippen LogP contribution is 2.17. The van der Waals surface area contributed by atoms with Crippen molar-refractivity contribution in [3.63, 3.8) is 0 Å². The molecule has 0 aliphatic rings. The second-order valence-electron chi connectivity index (χ2n) is 4.67. The number of amides is 2. The highest BCUT2D eigenvalue weighted by Gasteiger charge is 2.14. The zero-order valence-electron chi connectivity index (χ0n) is 11.4. The van der Waals surface area contributed by atoms with E-state index in [4.69, 9.17) is 5.73 Å². The second-order valence-corrected chi connectivity index (χ2v) is 4.67. The molecule has 4 heteroatoms. The van der Waals surface area contributed by atoms with E-state index in [1.54, 1.807) is 26.0 Å². The Morgan fingerprint density at radius 2 is 1.50 bits per heavy atom. The van der Waals surface area contributed by atoms with Gasteiger partial charge in [-0.2, -0.15) is 0 Å². The quantitative estimate of drug-likeness (QED) is 0.898. The maximum absolute atomic E-state index is 12.2. The summed E-state index contributed by atoms with van der Waals surface area (Å²) in [4.78, 5) is 23.5. The number of carbonyl (C=O) groups excluding carboxylic acids is 2. The Kier molecular flexibility index (Phi) is 3.84. The monoisotopic (exact) mass is 268 g/mol. The molecule has 0 aliphatic heterocycles. The summed E-state index contributed by atoms with van der Waals surface area (Å²) in [6, 6.07) is 12.6. The van der Waals surface area contributed by atoms with Crippen LogP contribution in [-0.2, 0) is 0 Å². The number of nitrogens with two attached hydrogens (primary N) is 1. The van der Waals surface area contributed by atoms with E-state index in [0.29, 0.717) is 16.7 Å². The zero-order chi connectivity index (χ0) is 14.7. The molecule has 2 aromatic rings. The molecular weight excluding hydrogens is 252 g/mol. The van der Waals surface area contributed by atoms with Crippen molar-refractivity contribution in [2.45, 2.75) is 13.8 Å². The van der Waals surface area contributed by atoms with Gasteiger partial charge in [-0.05, 0) is 49.2 Å². The number of rotatable bonds is 3. The Labute approximate surface area is 117 Å². The lowest BCUT2D eigenvalue weighted by Crippen LogP contribution is -2.17. The van der Waals surface area contributed by atoms with Crippen molar-refractivity contribution >= 4 is 17.5 Å². The lowest BCUT2D eigenvalue weighted by atomic mass is 9.99. The Balaban J connectivity index is 2.31. The van der Waals surface area contributed by atoms with Crippen LogP contribution >= 0.6 is 0 Å². The molecule has 0 spiro atoms. The first-order valence-electron chi connectivity index (χ1n) is 6.26. The van der Waals surface area contributed by atoms with E-state index in [-0.39, 0.29) is 5.91 Å². The first-order valence-corrected chi connectivity index (χ1v) is 6.26. The molecule has 0 radical (unpaired) electrons. The van der Waals surface area contributed by atoms with Crippen molar-refractivity contribution in [2.24, 2.45) is 5.73 Å². The molecule has 4 nitrogen and oxygen atoms in total. The minimum Gasteiger partial charge on any atom is -0.366 e. The van der Waals surface area contributed by atoms with Crippen molar-refractivity contribution < 1.29 is 9.59 Å². The van der Waals surface area contributed by atoms with Gasteiger partial charge in [0, 0.05) is 16.8 Å². The fraction of sp³-hybridized carbons (Fsp3) is 0.125. The van der Waals surface area contributed by atoms with Gasteiger partial charge >= 0.3 is 0 Å². The summed E-state index contributed by atoms with van der Waals surface area (Å²) < 4.78 is 0. The van der Waals surface area contributed by atoms with Gasteiger partial charge in [-0.25, -0.2) is 0 Å². The van der Waals surface area contributed by atoms with Crippen molar-refractivity contribution in [1.29, 1.82) is 0 Å². The minimum absolute atomic E-state index is 0.201. The summed E-state index contributed by atoms with van der Waals surface area (Å²) in [6.45, 7) is 3.55. The number of nitrogens with one attached hydrogen (secondary N) is 1. The summed E-state index contributed by atoms with van der Waals surface area (Å²) in [7, 11) is 0. The molecule has 20 heavy (non-hydrogen) atoms. The molecule has 2 aromatic carbocycles. The smallest absolute Gasteiger partial charge is 0.255 e. The Hall–Kier alpha value is -2.62. The lowest BCUT2D eigenvalue weighted by Gasteiger charge is -2.11. The highest BCUT2D eigenvalue weighted by molar-refractivity contribution is 6.06. The van der Waals surface area contributed by atoms with E-state index in [1.807, 2.05) is 30.3 Å². The third-order valence-electron chi connectivity index (χ3n) is 3.11. The Morgan fingerprint density at radius 1 is 0.950 bits per heavy atom. The van der Waals surface area contributed by atoms with Crippen LogP contribution in [0.5, 0.6) is 0 Å². The van der Waals surface area contributed by atoms with E-state index in [0.717, 1.165) is 11.3 Å². The molecule has 0 aromatic heterocycles. The standard InChI is InChI=1S/C16H16N2O2/c1-10-9-14(11(2)8-13(10)15(17)19)16(20)18-12-6-4-3-5-7-12/h3-9H,1-2H3,(H2,17,19)(H,18,20). The maximum atomic E-state index is 12.2. The van der Waals surface area contributed by atoms with Crippen molar-refractivity contribution in [3.05, 3.63) is 64.7 Å². The normalized spacial score (nSPS) is 10.1. The van der Waals surface area contributed by atoms with E-state index in [1.165, 1.54) is 0 Å². The van der Waals surface area contributed by atoms with Gasteiger partial charge in [0.05, 0.1) is 0 Å². The summed E-state index contributed by atoms with van der Waals surface area (Å²) >= 11 is 0. The number of anilines is 1. The molecule has 2 rings (SSSR count). The Bertz CT molecular complexity index is 664. The zero-order valence-corrected chi connectivity index (χ0v) is 11.4. The molecular formula is C16H16N2O2. The van der Waals surface area contributed by atoms with Gasteiger partial charge in [0.1, 0.15) is 0 Å². The van der Waals surface area contributed by atoms with Crippen LogP contribution in [-0.4, -0.2) is 11.8 Å². The van der Waals surface area contributed by atoms with Crippen LogP contribution in [0.15, 0.2) is 42.5 Å². The minimum atomic E-state index is -0.486. The largest absolute Gasteiger partial charge is 0.366 e. The number of para-hydroxylation sites is 1. The van der Waals surface area contributed by atoms with E-state index >= 15 is 0 Å². The molecule has 0 saturated heterocycles. The molecule has 0 heterocycles. The van der Waals surface area contributed by atoms with E-state index in [2.05, 4.69) is 5.32 Å². The van der Waals surface area contributed by atoms with Crippen molar-refractivity contribution in [3.8, 4) is 0 Å². The van der Waals surface area contributed by atoms with E-state index < -0.39 is 5.91 Å². The van der Waals surface area contributed by atoms with Crippen LogP contribution in [0.25, 0.3) is 0 Å². The predicted molar refractivity (Wildman–Crippen MR) is 78.8 cm³/mol. The summed E-state index contributed by atoms with van der Waals surface area (Å²) in [6.07, 6.45) is 0. The molecule has 2 amide bonds. The molecule has 0 aliphatic carbocycles. The molecule has 0 atom stereocenters. The van der Waals surface area contributed by atoms with Gasteiger partial charge < -0.3 is 11.1 Å². The third-order valence-corrected chi connectivity index (χ3v) is 3.11. The third kappa shape index (κ3) is 2.85. The average Bonchev–Trinajstić information content (AvgIpc) is 2.41. The molecule has 0 bridgehead atoms. The lowest BCUT2D eigenvalue weighted by molar-refractivity contribution is 0.0994. The van der Waals surface area contributed by atoms with Gasteiger partial charge in [-0.15, -0.1) is 0 Å². The van der Waals surface area contributed by atoms with Crippen LogP contribution < -0.4 is 11.1 Å². The second kappa shape index (κ2) is 5.57.